The van der Waals surface area contributed by atoms with E-state index in [1.165, 1.54) is 42.5 Å². The molecule has 324 valence electrons. The second-order valence-corrected chi connectivity index (χ2v) is 19.7. The van der Waals surface area contributed by atoms with E-state index in [2.05, 4.69) is 28.6 Å². The van der Waals surface area contributed by atoms with Crippen molar-refractivity contribution in [1.29, 1.82) is 0 Å². The van der Waals surface area contributed by atoms with Crippen LogP contribution in [-0.4, -0.2) is 69.0 Å². The molecule has 0 radical (unpaired) electrons. The number of hydrogen-bond acceptors (Lipinski definition) is 7. The molecule has 3 aromatic carbocycles. The van der Waals surface area contributed by atoms with Crippen LogP contribution in [0.25, 0.3) is 0 Å². The lowest BCUT2D eigenvalue weighted by molar-refractivity contribution is -0.438. The minimum atomic E-state index is -4.44. The van der Waals surface area contributed by atoms with Crippen molar-refractivity contribution in [3.05, 3.63) is 130 Å². The number of halogens is 2. The highest BCUT2D eigenvalue weighted by molar-refractivity contribution is 7.86. The molecule has 0 saturated carbocycles. The third-order valence-electron chi connectivity index (χ3n) is 11.8. The number of rotatable bonds is 16. The van der Waals surface area contributed by atoms with E-state index in [9.17, 15) is 39.5 Å². The normalized spacial score (nSPS) is 18.7. The van der Waals surface area contributed by atoms with Gasteiger partial charge in [0.25, 0.3) is 20.2 Å². The molecule has 0 unspecified atom stereocenters. The quantitative estimate of drug-likeness (QED) is 0.0567. The van der Waals surface area contributed by atoms with E-state index in [1.807, 2.05) is 38.2 Å². The summed E-state index contributed by atoms with van der Waals surface area (Å²) in [6, 6.07) is 14.9. The summed E-state index contributed by atoms with van der Waals surface area (Å²) >= 11 is 0. The Morgan fingerprint density at radius 1 is 0.869 bits per heavy atom. The zero-order chi connectivity index (χ0) is 44.3. The summed E-state index contributed by atoms with van der Waals surface area (Å²) in [5.74, 6) is -0.218. The summed E-state index contributed by atoms with van der Waals surface area (Å²) in [7, 11) is -6.96. The number of carbonyl (C=O) groups excluding carboxylic acids is 1. The van der Waals surface area contributed by atoms with Gasteiger partial charge in [-0.1, -0.05) is 19.9 Å². The molecule has 3 N–H and O–H groups in total. The van der Waals surface area contributed by atoms with Gasteiger partial charge in [-0.05, 0) is 136 Å². The van der Waals surface area contributed by atoms with Crippen molar-refractivity contribution in [3.8, 4) is 5.75 Å². The molecule has 0 fully saturated rings. The number of unbranched alkanes of at least 4 members (excludes halogenated alkanes) is 2. The summed E-state index contributed by atoms with van der Waals surface area (Å²) in [5, 5.41) is 2.66. The van der Waals surface area contributed by atoms with Gasteiger partial charge in [0.15, 0.2) is 5.71 Å². The maximum absolute atomic E-state index is 14.7. The molecule has 0 bridgehead atoms. The first-order valence-electron chi connectivity index (χ1n) is 20.5. The molecule has 0 atom stereocenters. The van der Waals surface area contributed by atoms with E-state index in [-0.39, 0.29) is 34.6 Å². The molecule has 0 aromatic heterocycles. The molecule has 11 nitrogen and oxygen atoms in total. The summed E-state index contributed by atoms with van der Waals surface area (Å²) in [4.78, 5) is 13.7. The van der Waals surface area contributed by atoms with Gasteiger partial charge in [0.1, 0.15) is 29.7 Å². The Morgan fingerprint density at radius 3 is 2.23 bits per heavy atom. The Kier molecular flexibility index (Phi) is 13.6. The van der Waals surface area contributed by atoms with E-state index in [0.29, 0.717) is 56.7 Å². The highest BCUT2D eigenvalue weighted by atomic mass is 32.2. The SMILES string of the molecule is BNC(=O)CCCC[N+]1=C(/C=C/C2=C(Oc3ccc(S(=O)(=O)O)cc3)C(=C/C=C3/N(CCCCS(=O)(=O)O)c4ccc(F)cc4C3(C)C)/CCC2)C(C)(C)c2cc(F)ccc21. The zero-order valence-electron chi connectivity index (χ0n) is 35.2. The van der Waals surface area contributed by atoms with E-state index in [4.69, 9.17) is 4.74 Å². The van der Waals surface area contributed by atoms with Crippen molar-refractivity contribution >= 4 is 51.2 Å². The number of benzene rings is 3. The van der Waals surface area contributed by atoms with Crippen LogP contribution in [0.15, 0.2) is 112 Å². The predicted molar refractivity (Wildman–Crippen MR) is 235 cm³/mol. The average Bonchev–Trinajstić information content (AvgIpc) is 3.53. The lowest BCUT2D eigenvalue weighted by atomic mass is 9.81. The fourth-order valence-corrected chi connectivity index (χ4v) is 9.57. The van der Waals surface area contributed by atoms with Gasteiger partial charge in [-0.25, -0.2) is 8.78 Å². The van der Waals surface area contributed by atoms with Gasteiger partial charge in [-0.15, -0.1) is 0 Å². The van der Waals surface area contributed by atoms with Crippen molar-refractivity contribution in [3.63, 3.8) is 0 Å². The van der Waals surface area contributed by atoms with E-state index >= 15 is 0 Å². The summed E-state index contributed by atoms with van der Waals surface area (Å²) in [6.07, 6.45) is 12.5. The Hall–Kier alpha value is -4.90. The van der Waals surface area contributed by atoms with Crippen molar-refractivity contribution < 1.29 is 48.8 Å². The average molecular weight is 877 g/mol. The van der Waals surface area contributed by atoms with Crippen LogP contribution >= 0.6 is 0 Å². The van der Waals surface area contributed by atoms with E-state index in [0.717, 1.165) is 57.9 Å². The molecule has 3 aliphatic rings. The lowest BCUT2D eigenvalue weighted by Gasteiger charge is -2.27. The fraction of sp³-hybridized carbons (Fsp3) is 0.378. The van der Waals surface area contributed by atoms with Crippen LogP contribution in [0.4, 0.5) is 20.2 Å². The van der Waals surface area contributed by atoms with Gasteiger partial charge >= 0.3 is 0 Å². The summed E-state index contributed by atoms with van der Waals surface area (Å²) in [6.45, 7) is 9.14. The van der Waals surface area contributed by atoms with Crippen molar-refractivity contribution in [2.45, 2.75) is 94.8 Å². The minimum absolute atomic E-state index is 0.0319. The second kappa shape index (κ2) is 18.2. The highest BCUT2D eigenvalue weighted by Gasteiger charge is 2.45. The molecule has 0 spiro atoms. The van der Waals surface area contributed by atoms with Crippen molar-refractivity contribution in [1.82, 2.24) is 5.23 Å². The molecule has 16 heteroatoms. The molecule has 1 amide bonds. The molecular weight excluding hydrogens is 823 g/mol. The standard InChI is InChI=1S/C45H52BF2N3O8S2/c1-44(2)36-28-32(47)15-21-38(36)50(25-6-5-12-42(52)49-46)40(44)23-13-30-10-9-11-31(43(30)59-34-17-19-35(20-18-34)61(56,57)58)14-24-41-45(3,4)37-29-33(48)16-22-39(37)51(41)26-7-8-27-60(53,54)55/h13-24,28-29H,5-12,25-27,46H2,1-4H3,(H2-,49,52,53,54,55,56,57,58)/p+1. The van der Waals surface area contributed by atoms with Crippen molar-refractivity contribution in [2.75, 3.05) is 23.7 Å². The number of hydrogen-bond donors (Lipinski definition) is 3. The van der Waals surface area contributed by atoms with Gasteiger partial charge in [0, 0.05) is 53.9 Å². The van der Waals surface area contributed by atoms with Gasteiger partial charge in [-0.3, -0.25) is 13.9 Å². The second-order valence-electron chi connectivity index (χ2n) is 16.7. The first-order valence-corrected chi connectivity index (χ1v) is 23.5. The molecule has 61 heavy (non-hydrogen) atoms. The molecule has 6 rings (SSSR count). The molecule has 2 heterocycles. The maximum Gasteiger partial charge on any atom is 0.294 e. The monoisotopic (exact) mass is 876 g/mol. The number of fused-ring (bicyclic) bond motifs is 2. The van der Waals surface area contributed by atoms with Gasteiger partial charge in [-0.2, -0.15) is 21.4 Å². The number of nitrogens with zero attached hydrogens (tertiary/aromatic N) is 2. The molecule has 1 aliphatic carbocycles. The number of ether oxygens (including phenoxy) is 1. The minimum Gasteiger partial charge on any atom is -0.457 e. The Morgan fingerprint density at radius 2 is 1.56 bits per heavy atom. The summed E-state index contributed by atoms with van der Waals surface area (Å²) in [5.41, 5.74) is 5.60. The van der Waals surface area contributed by atoms with Gasteiger partial charge in [0.05, 0.1) is 16.1 Å². The number of allylic oxidation sites excluding steroid dienone is 7. The zero-order valence-corrected chi connectivity index (χ0v) is 36.8. The molecule has 3 aromatic rings. The number of nitrogens with one attached hydrogen (secondary N) is 1. The number of carbonyl (C=O) groups is 1. The van der Waals surface area contributed by atoms with Crippen LogP contribution in [0.3, 0.4) is 0 Å². The van der Waals surface area contributed by atoms with Gasteiger partial charge in [0.2, 0.25) is 19.6 Å². The van der Waals surface area contributed by atoms with Crippen LogP contribution in [0.5, 0.6) is 5.75 Å². The largest absolute Gasteiger partial charge is 0.457 e. The third kappa shape index (κ3) is 10.4. The number of amides is 1. The third-order valence-corrected chi connectivity index (χ3v) is 13.4. The Balaban J connectivity index is 1.44. The van der Waals surface area contributed by atoms with Crippen LogP contribution in [-0.2, 0) is 35.9 Å². The van der Waals surface area contributed by atoms with Crippen LogP contribution in [0.1, 0.15) is 90.2 Å². The smallest absolute Gasteiger partial charge is 0.294 e. The molecule has 2 aliphatic heterocycles. The number of anilines is 1. The fourth-order valence-electron chi connectivity index (χ4n) is 8.52. The highest BCUT2D eigenvalue weighted by Crippen LogP contribution is 2.48. The van der Waals surface area contributed by atoms with Crippen LogP contribution in [0.2, 0.25) is 0 Å². The summed E-state index contributed by atoms with van der Waals surface area (Å²) < 4.78 is 104. The molecular formula is C45H53BF2N3O8S2+. The topological polar surface area (TPSA) is 153 Å². The van der Waals surface area contributed by atoms with Crippen LogP contribution in [0, 0.1) is 11.6 Å². The van der Waals surface area contributed by atoms with Gasteiger partial charge < -0.3 is 14.9 Å². The lowest BCUT2D eigenvalue weighted by Crippen LogP contribution is -2.28. The van der Waals surface area contributed by atoms with Crippen molar-refractivity contribution in [2.24, 2.45) is 0 Å². The first-order chi connectivity index (χ1) is 28.7. The van der Waals surface area contributed by atoms with E-state index < -0.39 is 31.1 Å². The van der Waals surface area contributed by atoms with Crippen LogP contribution < -0.4 is 14.9 Å². The molecule has 0 saturated heterocycles. The maximum atomic E-state index is 14.7. The van der Waals surface area contributed by atoms with E-state index in [1.54, 1.807) is 26.2 Å². The predicted octanol–water partition coefficient (Wildman–Crippen LogP) is 7.77. The first kappa shape index (κ1) is 45.6. The Labute approximate surface area is 358 Å². The Bertz CT molecular complexity index is 2580.